The molecule has 1 aromatic carbocycles. The van der Waals surface area contributed by atoms with Gasteiger partial charge in [-0.05, 0) is 31.5 Å². The van der Waals surface area contributed by atoms with Gasteiger partial charge in [0.1, 0.15) is 6.04 Å². The van der Waals surface area contributed by atoms with Gasteiger partial charge in [0.05, 0.1) is 18.6 Å². The summed E-state index contributed by atoms with van der Waals surface area (Å²) in [5.41, 5.74) is 1.11. The van der Waals surface area contributed by atoms with Crippen molar-refractivity contribution in [2.75, 3.05) is 30.8 Å². The van der Waals surface area contributed by atoms with Gasteiger partial charge in [0.25, 0.3) is 0 Å². The second kappa shape index (κ2) is 7.80. The van der Waals surface area contributed by atoms with Gasteiger partial charge in [-0.2, -0.15) is 0 Å². The second-order valence-electron chi connectivity index (χ2n) is 4.95. The molecule has 124 valence electrons. The maximum atomic E-state index is 12.2. The zero-order chi connectivity index (χ0) is 16.9. The number of amides is 1. The lowest BCUT2D eigenvalue weighted by Crippen LogP contribution is -2.48. The van der Waals surface area contributed by atoms with Crippen molar-refractivity contribution in [3.8, 4) is 0 Å². The van der Waals surface area contributed by atoms with E-state index in [0.717, 1.165) is 10.6 Å². The van der Waals surface area contributed by atoms with E-state index in [1.54, 1.807) is 19.1 Å². The molecule has 1 atom stereocenters. The molecule has 1 rings (SSSR count). The Kier molecular flexibility index (Phi) is 6.65. The van der Waals surface area contributed by atoms with Crippen LogP contribution in [0.4, 0.5) is 5.69 Å². The number of anilines is 1. The molecule has 1 aromatic rings. The van der Waals surface area contributed by atoms with E-state index in [2.05, 4.69) is 5.32 Å². The van der Waals surface area contributed by atoms with E-state index in [1.807, 2.05) is 0 Å². The average molecular weight is 349 g/mol. The summed E-state index contributed by atoms with van der Waals surface area (Å²) in [5, 5.41) is 3.04. The molecule has 8 heteroatoms. The van der Waals surface area contributed by atoms with Crippen molar-refractivity contribution in [1.29, 1.82) is 0 Å². The molecule has 22 heavy (non-hydrogen) atoms. The quantitative estimate of drug-likeness (QED) is 0.759. The molecule has 1 N–H and O–H groups in total. The normalized spacial score (nSPS) is 12.8. The Morgan fingerprint density at radius 1 is 1.45 bits per heavy atom. The highest BCUT2D eigenvalue weighted by atomic mass is 35.5. The Hall–Kier alpha value is -1.31. The number of methoxy groups -OCH3 is 1. The molecule has 0 bridgehead atoms. The summed E-state index contributed by atoms with van der Waals surface area (Å²) in [6, 6.07) is 4.02. The SMILES string of the molecule is COCCNC(=O)[C@@H](C)N(c1cc(Cl)ccc1C)S(C)(=O)=O. The van der Waals surface area contributed by atoms with Crippen LogP contribution < -0.4 is 9.62 Å². The largest absolute Gasteiger partial charge is 0.383 e. The number of nitrogens with zero attached hydrogens (tertiary/aromatic N) is 1. The van der Waals surface area contributed by atoms with Crippen molar-refractivity contribution in [2.45, 2.75) is 19.9 Å². The maximum Gasteiger partial charge on any atom is 0.243 e. The molecule has 0 spiro atoms. The number of rotatable bonds is 7. The molecule has 0 saturated carbocycles. The predicted octanol–water partition coefficient (Wildman–Crippen LogP) is 1.57. The van der Waals surface area contributed by atoms with Gasteiger partial charge in [-0.1, -0.05) is 17.7 Å². The Morgan fingerprint density at radius 3 is 2.64 bits per heavy atom. The summed E-state index contributed by atoms with van der Waals surface area (Å²) < 4.78 is 30.2. The first-order chi connectivity index (χ1) is 10.2. The molecule has 0 fully saturated rings. The van der Waals surface area contributed by atoms with Crippen LogP contribution in [0.1, 0.15) is 12.5 Å². The van der Waals surface area contributed by atoms with E-state index in [4.69, 9.17) is 16.3 Å². The Balaban J connectivity index is 3.14. The van der Waals surface area contributed by atoms with E-state index in [0.29, 0.717) is 29.4 Å². The van der Waals surface area contributed by atoms with Crippen molar-refractivity contribution < 1.29 is 17.9 Å². The zero-order valence-corrected chi connectivity index (χ0v) is 14.7. The summed E-state index contributed by atoms with van der Waals surface area (Å²) in [4.78, 5) is 12.2. The van der Waals surface area contributed by atoms with Crippen molar-refractivity contribution in [1.82, 2.24) is 5.32 Å². The van der Waals surface area contributed by atoms with Crippen LogP contribution in [0.15, 0.2) is 18.2 Å². The second-order valence-corrected chi connectivity index (χ2v) is 7.25. The van der Waals surface area contributed by atoms with Crippen LogP contribution in [-0.2, 0) is 19.6 Å². The molecule has 0 saturated heterocycles. The fourth-order valence-electron chi connectivity index (χ4n) is 2.02. The first kappa shape index (κ1) is 18.7. The molecule has 1 amide bonds. The molecular formula is C14H21ClN2O4S. The van der Waals surface area contributed by atoms with Crippen LogP contribution in [0.3, 0.4) is 0 Å². The van der Waals surface area contributed by atoms with E-state index in [1.165, 1.54) is 20.1 Å². The molecule has 0 aliphatic heterocycles. The van der Waals surface area contributed by atoms with Crippen molar-refractivity contribution in [2.24, 2.45) is 0 Å². The van der Waals surface area contributed by atoms with E-state index >= 15 is 0 Å². The molecule has 0 unspecified atom stereocenters. The van der Waals surface area contributed by atoms with Crippen LogP contribution in [0, 0.1) is 6.92 Å². The van der Waals surface area contributed by atoms with Gasteiger partial charge >= 0.3 is 0 Å². The van der Waals surface area contributed by atoms with Crippen LogP contribution >= 0.6 is 11.6 Å². The molecule has 6 nitrogen and oxygen atoms in total. The third-order valence-corrected chi connectivity index (χ3v) is 4.57. The van der Waals surface area contributed by atoms with Gasteiger partial charge in [-0.25, -0.2) is 8.42 Å². The fraction of sp³-hybridized carbons (Fsp3) is 0.500. The fourth-order valence-corrected chi connectivity index (χ4v) is 3.42. The number of ether oxygens (including phenoxy) is 1. The molecule has 0 aliphatic carbocycles. The van der Waals surface area contributed by atoms with Crippen LogP contribution in [-0.4, -0.2) is 46.9 Å². The highest BCUT2D eigenvalue weighted by Crippen LogP contribution is 2.28. The minimum Gasteiger partial charge on any atom is -0.383 e. The van der Waals surface area contributed by atoms with Crippen molar-refractivity contribution >= 4 is 33.2 Å². The lowest BCUT2D eigenvalue weighted by molar-refractivity contribution is -0.122. The number of hydrogen-bond acceptors (Lipinski definition) is 4. The summed E-state index contributed by atoms with van der Waals surface area (Å²) >= 11 is 5.96. The molecule has 0 aliphatic rings. The molecule has 0 heterocycles. The van der Waals surface area contributed by atoms with E-state index < -0.39 is 22.0 Å². The Morgan fingerprint density at radius 2 is 2.09 bits per heavy atom. The first-order valence-corrected chi connectivity index (χ1v) is 8.93. The van der Waals surface area contributed by atoms with Gasteiger partial charge in [-0.15, -0.1) is 0 Å². The highest BCUT2D eigenvalue weighted by Gasteiger charge is 2.30. The summed E-state index contributed by atoms with van der Waals surface area (Å²) in [7, 11) is -2.13. The third-order valence-electron chi connectivity index (χ3n) is 3.10. The number of benzene rings is 1. The smallest absolute Gasteiger partial charge is 0.243 e. The maximum absolute atomic E-state index is 12.2. The van der Waals surface area contributed by atoms with E-state index in [-0.39, 0.29) is 0 Å². The van der Waals surface area contributed by atoms with Crippen molar-refractivity contribution in [3.63, 3.8) is 0 Å². The third kappa shape index (κ3) is 4.86. The summed E-state index contributed by atoms with van der Waals surface area (Å²) in [6.07, 6.45) is 1.06. The summed E-state index contributed by atoms with van der Waals surface area (Å²) in [6.45, 7) is 3.96. The number of hydrogen-bond donors (Lipinski definition) is 1. The Bertz CT molecular complexity index is 634. The first-order valence-electron chi connectivity index (χ1n) is 6.70. The lowest BCUT2D eigenvalue weighted by Gasteiger charge is -2.29. The van der Waals surface area contributed by atoms with E-state index in [9.17, 15) is 13.2 Å². The van der Waals surface area contributed by atoms with Crippen LogP contribution in [0.5, 0.6) is 0 Å². The average Bonchev–Trinajstić information content (AvgIpc) is 2.41. The highest BCUT2D eigenvalue weighted by molar-refractivity contribution is 7.92. The van der Waals surface area contributed by atoms with Crippen molar-refractivity contribution in [3.05, 3.63) is 28.8 Å². The van der Waals surface area contributed by atoms with Crippen LogP contribution in [0.2, 0.25) is 5.02 Å². The van der Waals surface area contributed by atoms with Gasteiger partial charge in [0.15, 0.2) is 0 Å². The number of halogens is 1. The monoisotopic (exact) mass is 348 g/mol. The van der Waals surface area contributed by atoms with Gasteiger partial charge in [0.2, 0.25) is 15.9 Å². The van der Waals surface area contributed by atoms with Crippen LogP contribution in [0.25, 0.3) is 0 Å². The topological polar surface area (TPSA) is 75.7 Å². The van der Waals surface area contributed by atoms with Gasteiger partial charge < -0.3 is 10.1 Å². The minimum absolute atomic E-state index is 0.311. The number of carbonyl (C=O) groups excluding carboxylic acids is 1. The standard InChI is InChI=1S/C14H21ClN2O4S/c1-10-5-6-12(15)9-13(10)17(22(4,19)20)11(2)14(18)16-7-8-21-3/h5-6,9,11H,7-8H2,1-4H3,(H,16,18)/t11-/m1/s1. The van der Waals surface area contributed by atoms with Gasteiger partial charge in [0, 0.05) is 18.7 Å². The molecule has 0 aromatic heterocycles. The molecule has 0 radical (unpaired) electrons. The number of nitrogens with one attached hydrogen (secondary N) is 1. The minimum atomic E-state index is -3.65. The Labute approximate surface area is 136 Å². The zero-order valence-electron chi connectivity index (χ0n) is 13.1. The predicted molar refractivity (Wildman–Crippen MR) is 87.9 cm³/mol. The lowest BCUT2D eigenvalue weighted by atomic mass is 10.2. The number of aryl methyl sites for hydroxylation is 1. The number of carbonyl (C=O) groups is 1. The molecular weight excluding hydrogens is 328 g/mol. The summed E-state index contributed by atoms with van der Waals surface area (Å²) in [5.74, 6) is -0.401. The van der Waals surface area contributed by atoms with Gasteiger partial charge in [-0.3, -0.25) is 9.10 Å². The number of sulfonamides is 1.